The van der Waals surface area contributed by atoms with Crippen LogP contribution in [0.15, 0.2) is 53.5 Å². The van der Waals surface area contributed by atoms with Gasteiger partial charge in [-0.3, -0.25) is 4.79 Å². The summed E-state index contributed by atoms with van der Waals surface area (Å²) in [5, 5.41) is 9.95. The van der Waals surface area contributed by atoms with Gasteiger partial charge in [-0.15, -0.1) is 0 Å². The van der Waals surface area contributed by atoms with Gasteiger partial charge in [-0.1, -0.05) is 24.3 Å². The second-order valence-corrected chi connectivity index (χ2v) is 4.69. The molecule has 2 aromatic rings. The number of hydrogen-bond acceptors (Lipinski definition) is 3. The summed E-state index contributed by atoms with van der Waals surface area (Å²) >= 11 is 0. The van der Waals surface area contributed by atoms with Crippen molar-refractivity contribution in [2.24, 2.45) is 4.99 Å². The first-order valence-corrected chi connectivity index (χ1v) is 6.38. The monoisotopic (exact) mass is 266 g/mol. The lowest BCUT2D eigenvalue weighted by molar-refractivity contribution is -0.117. The van der Waals surface area contributed by atoms with Crippen molar-refractivity contribution in [3.8, 4) is 5.75 Å². The van der Waals surface area contributed by atoms with E-state index < -0.39 is 0 Å². The van der Waals surface area contributed by atoms with Crippen molar-refractivity contribution in [1.29, 1.82) is 0 Å². The molecule has 0 spiro atoms. The predicted molar refractivity (Wildman–Crippen MR) is 78.8 cm³/mol. The maximum atomic E-state index is 12.2. The van der Waals surface area contributed by atoms with Gasteiger partial charge in [-0.05, 0) is 24.3 Å². The Hall–Kier alpha value is -2.62. The Morgan fingerprint density at radius 2 is 1.80 bits per heavy atom. The number of para-hydroxylation sites is 3. The number of nitrogens with zero attached hydrogens (tertiary/aromatic N) is 2. The van der Waals surface area contributed by atoms with Gasteiger partial charge >= 0.3 is 0 Å². The Bertz CT molecular complexity index is 707. The molecule has 20 heavy (non-hydrogen) atoms. The minimum Gasteiger partial charge on any atom is -0.507 e. The van der Waals surface area contributed by atoms with E-state index in [1.807, 2.05) is 30.3 Å². The first-order valence-electron chi connectivity index (χ1n) is 6.38. The smallest absolute Gasteiger partial charge is 0.232 e. The van der Waals surface area contributed by atoms with E-state index in [4.69, 9.17) is 0 Å². The number of rotatable bonds is 1. The van der Waals surface area contributed by atoms with Crippen LogP contribution in [-0.4, -0.2) is 23.8 Å². The molecule has 0 aliphatic carbocycles. The van der Waals surface area contributed by atoms with Crippen molar-refractivity contribution in [1.82, 2.24) is 0 Å². The molecule has 0 saturated heterocycles. The van der Waals surface area contributed by atoms with Gasteiger partial charge in [0.15, 0.2) is 0 Å². The molecule has 0 saturated carbocycles. The van der Waals surface area contributed by atoms with Gasteiger partial charge in [0.2, 0.25) is 5.91 Å². The van der Waals surface area contributed by atoms with Crippen molar-refractivity contribution in [3.63, 3.8) is 0 Å². The molecule has 1 aliphatic heterocycles. The number of phenolic OH excluding ortho intramolecular Hbond substituents is 1. The van der Waals surface area contributed by atoms with E-state index in [-0.39, 0.29) is 18.1 Å². The quantitative estimate of drug-likeness (QED) is 0.862. The molecule has 0 fully saturated rings. The summed E-state index contributed by atoms with van der Waals surface area (Å²) in [6.45, 7) is 0. The van der Waals surface area contributed by atoms with Gasteiger partial charge in [0.25, 0.3) is 0 Å². The molecule has 0 bridgehead atoms. The fourth-order valence-electron chi connectivity index (χ4n) is 2.30. The molecule has 3 rings (SSSR count). The van der Waals surface area contributed by atoms with Crippen LogP contribution in [0.25, 0.3) is 0 Å². The van der Waals surface area contributed by atoms with Crippen LogP contribution in [0.5, 0.6) is 5.75 Å². The molecule has 100 valence electrons. The number of fused-ring (bicyclic) bond motifs is 1. The Morgan fingerprint density at radius 3 is 2.60 bits per heavy atom. The third kappa shape index (κ3) is 2.05. The van der Waals surface area contributed by atoms with Crippen LogP contribution in [0.4, 0.5) is 11.4 Å². The van der Waals surface area contributed by atoms with Crippen LogP contribution in [0, 0.1) is 0 Å². The van der Waals surface area contributed by atoms with Gasteiger partial charge in [0.05, 0.1) is 23.5 Å². The highest BCUT2D eigenvalue weighted by molar-refractivity contribution is 6.18. The van der Waals surface area contributed by atoms with E-state index in [9.17, 15) is 9.90 Å². The summed E-state index contributed by atoms with van der Waals surface area (Å²) < 4.78 is 0. The van der Waals surface area contributed by atoms with Crippen molar-refractivity contribution in [3.05, 3.63) is 54.1 Å². The zero-order valence-corrected chi connectivity index (χ0v) is 11.1. The lowest BCUT2D eigenvalue weighted by atomic mass is 10.1. The van der Waals surface area contributed by atoms with Gasteiger partial charge in [0, 0.05) is 12.6 Å². The highest BCUT2D eigenvalue weighted by atomic mass is 16.3. The molecular formula is C16H14N2O2. The Morgan fingerprint density at radius 1 is 1.10 bits per heavy atom. The van der Waals surface area contributed by atoms with E-state index in [0.29, 0.717) is 11.3 Å². The van der Waals surface area contributed by atoms with Gasteiger partial charge in [-0.25, -0.2) is 4.99 Å². The van der Waals surface area contributed by atoms with Crippen LogP contribution in [0.1, 0.15) is 12.0 Å². The lowest BCUT2D eigenvalue weighted by Crippen LogP contribution is -2.27. The van der Waals surface area contributed by atoms with Gasteiger partial charge in [-0.2, -0.15) is 0 Å². The molecule has 1 heterocycles. The Labute approximate surface area is 117 Å². The average molecular weight is 266 g/mol. The highest BCUT2D eigenvalue weighted by Crippen LogP contribution is 2.32. The molecule has 2 aromatic carbocycles. The third-order valence-corrected chi connectivity index (χ3v) is 3.41. The number of phenols is 1. The fourth-order valence-corrected chi connectivity index (χ4v) is 2.30. The number of hydrogen-bond donors (Lipinski definition) is 1. The van der Waals surface area contributed by atoms with Gasteiger partial charge in [0.1, 0.15) is 5.75 Å². The number of carbonyl (C=O) groups is 1. The van der Waals surface area contributed by atoms with Crippen LogP contribution in [-0.2, 0) is 4.79 Å². The molecule has 1 amide bonds. The number of benzene rings is 2. The van der Waals surface area contributed by atoms with Crippen LogP contribution >= 0.6 is 0 Å². The molecule has 4 nitrogen and oxygen atoms in total. The zero-order valence-electron chi connectivity index (χ0n) is 11.1. The van der Waals surface area contributed by atoms with Crippen LogP contribution in [0.3, 0.4) is 0 Å². The summed E-state index contributed by atoms with van der Waals surface area (Å²) in [5.74, 6) is 0.0954. The minimum absolute atomic E-state index is 0.0445. The first-order chi connectivity index (χ1) is 9.66. The van der Waals surface area contributed by atoms with Crippen LogP contribution in [0.2, 0.25) is 0 Å². The summed E-state index contributed by atoms with van der Waals surface area (Å²) in [6, 6.07) is 14.4. The topological polar surface area (TPSA) is 52.9 Å². The molecular weight excluding hydrogens is 252 g/mol. The normalized spacial score (nSPS) is 14.6. The first kappa shape index (κ1) is 12.4. The van der Waals surface area contributed by atoms with E-state index in [1.165, 1.54) is 0 Å². The van der Waals surface area contributed by atoms with Crippen molar-refractivity contribution < 1.29 is 9.90 Å². The second kappa shape index (κ2) is 4.81. The third-order valence-electron chi connectivity index (χ3n) is 3.41. The van der Waals surface area contributed by atoms with E-state index >= 15 is 0 Å². The van der Waals surface area contributed by atoms with Gasteiger partial charge < -0.3 is 10.0 Å². The molecule has 0 atom stereocenters. The summed E-state index contributed by atoms with van der Waals surface area (Å²) in [5.41, 5.74) is 2.71. The van der Waals surface area contributed by atoms with E-state index in [0.717, 1.165) is 11.4 Å². The molecule has 0 radical (unpaired) electrons. The summed E-state index contributed by atoms with van der Waals surface area (Å²) in [4.78, 5) is 18.4. The number of anilines is 1. The number of aliphatic imine (C=N–C) groups is 1. The van der Waals surface area contributed by atoms with E-state index in [1.54, 1.807) is 30.1 Å². The van der Waals surface area contributed by atoms with Crippen LogP contribution < -0.4 is 4.90 Å². The second-order valence-electron chi connectivity index (χ2n) is 4.69. The maximum absolute atomic E-state index is 12.2. The summed E-state index contributed by atoms with van der Waals surface area (Å²) in [6.07, 6.45) is 0.169. The molecule has 4 heteroatoms. The molecule has 0 aromatic heterocycles. The summed E-state index contributed by atoms with van der Waals surface area (Å²) in [7, 11) is 1.74. The van der Waals surface area contributed by atoms with E-state index in [2.05, 4.69) is 4.99 Å². The lowest BCUT2D eigenvalue weighted by Gasteiger charge is -2.16. The predicted octanol–water partition coefficient (Wildman–Crippen LogP) is 2.88. The Balaban J connectivity index is 2.17. The molecule has 1 aliphatic rings. The Kier molecular flexibility index (Phi) is 2.99. The zero-order chi connectivity index (χ0) is 14.1. The number of carbonyl (C=O) groups excluding carboxylic acids is 1. The average Bonchev–Trinajstić information content (AvgIpc) is 2.58. The number of aromatic hydroxyl groups is 1. The minimum atomic E-state index is -0.0445. The molecule has 0 unspecified atom stereocenters. The van der Waals surface area contributed by atoms with Crippen molar-refractivity contribution >= 4 is 23.0 Å². The van der Waals surface area contributed by atoms with Crippen molar-refractivity contribution in [2.75, 3.05) is 11.9 Å². The highest BCUT2D eigenvalue weighted by Gasteiger charge is 2.22. The SMILES string of the molecule is CN1C(=O)CC(c2ccccc2O)=Nc2ccccc21. The number of amides is 1. The molecule has 1 N–H and O–H groups in total. The van der Waals surface area contributed by atoms with Crippen molar-refractivity contribution in [2.45, 2.75) is 6.42 Å². The largest absolute Gasteiger partial charge is 0.507 e. The standard InChI is InChI=1S/C16H14N2O2/c1-18-14-8-4-3-7-12(14)17-13(10-16(18)20)11-6-2-5-9-15(11)19/h2-9,19H,10H2,1H3. The maximum Gasteiger partial charge on any atom is 0.232 e. The fraction of sp³-hybridized carbons (Fsp3) is 0.125.